The van der Waals surface area contributed by atoms with Crippen LogP contribution in [0.15, 0.2) is 78.9 Å². The smallest absolute Gasteiger partial charge is 0.261 e. The fourth-order valence-electron chi connectivity index (χ4n) is 4.22. The SMILES string of the molecule is COc1cccc(CN(C(=O)COc2ccc(C(C)(C)C)cc2)[C@@H](Cc2ccccc2)C(=O)NCC(C)C)c1. The summed E-state index contributed by atoms with van der Waals surface area (Å²) in [6, 6.07) is 24.4. The first kappa shape index (κ1) is 29.8. The fraction of sp³-hybridized carbons (Fsp3) is 0.394. The summed E-state index contributed by atoms with van der Waals surface area (Å²) >= 11 is 0. The first-order valence-corrected chi connectivity index (χ1v) is 13.5. The molecule has 3 aromatic carbocycles. The molecule has 0 spiro atoms. The summed E-state index contributed by atoms with van der Waals surface area (Å²) in [5.74, 6) is 1.14. The van der Waals surface area contributed by atoms with Crippen molar-refractivity contribution in [3.63, 3.8) is 0 Å². The lowest BCUT2D eigenvalue weighted by molar-refractivity contribution is -0.142. The van der Waals surface area contributed by atoms with E-state index in [1.807, 2.05) is 92.7 Å². The molecule has 6 nitrogen and oxygen atoms in total. The Bertz CT molecular complexity index is 1200. The molecule has 2 amide bonds. The van der Waals surface area contributed by atoms with Crippen LogP contribution in [0, 0.1) is 5.92 Å². The summed E-state index contributed by atoms with van der Waals surface area (Å²) < 4.78 is 11.3. The molecule has 0 bridgehead atoms. The summed E-state index contributed by atoms with van der Waals surface area (Å²) in [5, 5.41) is 3.04. The number of carbonyl (C=O) groups is 2. The van der Waals surface area contributed by atoms with E-state index in [1.54, 1.807) is 12.0 Å². The lowest BCUT2D eigenvalue weighted by atomic mass is 9.87. The van der Waals surface area contributed by atoms with Gasteiger partial charge in [-0.05, 0) is 52.3 Å². The van der Waals surface area contributed by atoms with Gasteiger partial charge in [-0.15, -0.1) is 0 Å². The molecule has 1 N–H and O–H groups in total. The summed E-state index contributed by atoms with van der Waals surface area (Å²) in [7, 11) is 1.61. The summed E-state index contributed by atoms with van der Waals surface area (Å²) in [4.78, 5) is 28.9. The van der Waals surface area contributed by atoms with Crippen molar-refractivity contribution < 1.29 is 19.1 Å². The van der Waals surface area contributed by atoms with Crippen LogP contribution >= 0.6 is 0 Å². The summed E-state index contributed by atoms with van der Waals surface area (Å²) in [5.41, 5.74) is 3.05. The van der Waals surface area contributed by atoms with Crippen LogP contribution in [-0.2, 0) is 28.0 Å². The normalized spacial score (nSPS) is 12.1. The standard InChI is InChI=1S/C33H42N2O4/c1-24(2)21-34-32(37)30(20-25-11-8-7-9-12-25)35(22-26-13-10-14-29(19-26)38-6)31(36)23-39-28-17-15-27(16-18-28)33(3,4)5/h7-19,24,30H,20-23H2,1-6H3,(H,34,37)/t30-/m0/s1. The Labute approximate surface area is 233 Å². The van der Waals surface area contributed by atoms with Crippen LogP contribution in [0.25, 0.3) is 0 Å². The molecule has 0 saturated carbocycles. The number of hydrogen-bond donors (Lipinski definition) is 1. The minimum absolute atomic E-state index is 0.0237. The van der Waals surface area contributed by atoms with Crippen molar-refractivity contribution in [2.45, 2.75) is 59.0 Å². The summed E-state index contributed by atoms with van der Waals surface area (Å²) in [6.07, 6.45) is 0.390. The van der Waals surface area contributed by atoms with Gasteiger partial charge in [0.2, 0.25) is 5.91 Å². The second kappa shape index (κ2) is 13.8. The van der Waals surface area contributed by atoms with E-state index < -0.39 is 6.04 Å². The number of amides is 2. The fourth-order valence-corrected chi connectivity index (χ4v) is 4.22. The lowest BCUT2D eigenvalue weighted by Crippen LogP contribution is -2.52. The van der Waals surface area contributed by atoms with Crippen LogP contribution < -0.4 is 14.8 Å². The van der Waals surface area contributed by atoms with Gasteiger partial charge >= 0.3 is 0 Å². The third kappa shape index (κ3) is 9.17. The van der Waals surface area contributed by atoms with Gasteiger partial charge in [0.05, 0.1) is 7.11 Å². The Hall–Kier alpha value is -3.80. The number of nitrogens with one attached hydrogen (secondary N) is 1. The van der Waals surface area contributed by atoms with Crippen LogP contribution in [0.1, 0.15) is 51.3 Å². The van der Waals surface area contributed by atoms with Crippen molar-refractivity contribution in [2.75, 3.05) is 20.3 Å². The van der Waals surface area contributed by atoms with E-state index in [2.05, 4.69) is 26.1 Å². The van der Waals surface area contributed by atoms with Gasteiger partial charge < -0.3 is 19.7 Å². The van der Waals surface area contributed by atoms with Crippen LogP contribution in [-0.4, -0.2) is 43.0 Å². The van der Waals surface area contributed by atoms with Crippen LogP contribution in [0.5, 0.6) is 11.5 Å². The van der Waals surface area contributed by atoms with Crippen molar-refractivity contribution >= 4 is 11.8 Å². The number of benzene rings is 3. The molecule has 0 saturated heterocycles. The van der Waals surface area contributed by atoms with Gasteiger partial charge in [-0.3, -0.25) is 9.59 Å². The van der Waals surface area contributed by atoms with E-state index in [9.17, 15) is 9.59 Å². The number of methoxy groups -OCH3 is 1. The van der Waals surface area contributed by atoms with E-state index in [-0.39, 0.29) is 36.3 Å². The van der Waals surface area contributed by atoms with E-state index in [0.717, 1.165) is 11.1 Å². The predicted molar refractivity (Wildman–Crippen MR) is 156 cm³/mol. The van der Waals surface area contributed by atoms with Crippen molar-refractivity contribution in [3.8, 4) is 11.5 Å². The van der Waals surface area contributed by atoms with Gasteiger partial charge in [-0.2, -0.15) is 0 Å². The number of rotatable bonds is 12. The zero-order chi connectivity index (χ0) is 28.4. The molecule has 39 heavy (non-hydrogen) atoms. The quantitative estimate of drug-likeness (QED) is 0.322. The van der Waals surface area contributed by atoms with Crippen molar-refractivity contribution in [3.05, 3.63) is 95.6 Å². The van der Waals surface area contributed by atoms with Gasteiger partial charge in [0, 0.05) is 19.5 Å². The molecule has 6 heteroatoms. The Morgan fingerprint density at radius 3 is 2.15 bits per heavy atom. The lowest BCUT2D eigenvalue weighted by Gasteiger charge is -2.32. The third-order valence-corrected chi connectivity index (χ3v) is 6.53. The minimum Gasteiger partial charge on any atom is -0.497 e. The zero-order valence-corrected chi connectivity index (χ0v) is 24.1. The largest absolute Gasteiger partial charge is 0.497 e. The van der Waals surface area contributed by atoms with Gasteiger partial charge in [0.15, 0.2) is 6.61 Å². The molecule has 0 aliphatic rings. The zero-order valence-electron chi connectivity index (χ0n) is 24.1. The molecule has 0 radical (unpaired) electrons. The van der Waals surface area contributed by atoms with Crippen molar-refractivity contribution in [1.82, 2.24) is 10.2 Å². The number of carbonyl (C=O) groups excluding carboxylic acids is 2. The molecule has 0 aliphatic carbocycles. The molecule has 3 aromatic rings. The molecular weight excluding hydrogens is 488 g/mol. The van der Waals surface area contributed by atoms with E-state index in [0.29, 0.717) is 24.5 Å². The number of ether oxygens (including phenoxy) is 2. The van der Waals surface area contributed by atoms with Gasteiger partial charge in [-0.1, -0.05) is 89.2 Å². The predicted octanol–water partition coefficient (Wildman–Crippen LogP) is 5.78. The number of nitrogens with zero attached hydrogens (tertiary/aromatic N) is 1. The average Bonchev–Trinajstić information content (AvgIpc) is 2.92. The highest BCUT2D eigenvalue weighted by atomic mass is 16.5. The highest BCUT2D eigenvalue weighted by Gasteiger charge is 2.31. The van der Waals surface area contributed by atoms with E-state index in [4.69, 9.17) is 9.47 Å². The monoisotopic (exact) mass is 530 g/mol. The Balaban J connectivity index is 1.89. The molecule has 208 valence electrons. The second-order valence-corrected chi connectivity index (χ2v) is 11.3. The molecule has 0 heterocycles. The molecule has 1 atom stereocenters. The van der Waals surface area contributed by atoms with Crippen molar-refractivity contribution in [1.29, 1.82) is 0 Å². The molecule has 0 aliphatic heterocycles. The first-order chi connectivity index (χ1) is 18.6. The number of hydrogen-bond acceptors (Lipinski definition) is 4. The molecule has 3 rings (SSSR count). The third-order valence-electron chi connectivity index (χ3n) is 6.53. The second-order valence-electron chi connectivity index (χ2n) is 11.3. The molecular formula is C33H42N2O4. The van der Waals surface area contributed by atoms with Crippen LogP contribution in [0.2, 0.25) is 0 Å². The first-order valence-electron chi connectivity index (χ1n) is 13.5. The Kier molecular flexibility index (Phi) is 10.6. The highest BCUT2D eigenvalue weighted by molar-refractivity contribution is 5.88. The van der Waals surface area contributed by atoms with Crippen molar-refractivity contribution in [2.24, 2.45) is 5.92 Å². The summed E-state index contributed by atoms with van der Waals surface area (Å²) in [6.45, 7) is 11.1. The maximum Gasteiger partial charge on any atom is 0.261 e. The van der Waals surface area contributed by atoms with E-state index in [1.165, 1.54) is 5.56 Å². The Morgan fingerprint density at radius 1 is 0.872 bits per heavy atom. The molecule has 0 fully saturated rings. The van der Waals surface area contributed by atoms with Gasteiger partial charge in [0.1, 0.15) is 17.5 Å². The van der Waals surface area contributed by atoms with Gasteiger partial charge in [0.25, 0.3) is 5.91 Å². The van der Waals surface area contributed by atoms with Crippen LogP contribution in [0.4, 0.5) is 0 Å². The minimum atomic E-state index is -0.711. The van der Waals surface area contributed by atoms with Gasteiger partial charge in [-0.25, -0.2) is 0 Å². The molecule has 0 aromatic heterocycles. The maximum absolute atomic E-state index is 13.8. The van der Waals surface area contributed by atoms with Crippen LogP contribution in [0.3, 0.4) is 0 Å². The highest BCUT2D eigenvalue weighted by Crippen LogP contribution is 2.24. The average molecular weight is 531 g/mol. The Morgan fingerprint density at radius 2 is 1.54 bits per heavy atom. The molecule has 0 unspecified atom stereocenters. The van der Waals surface area contributed by atoms with E-state index >= 15 is 0 Å². The maximum atomic E-state index is 13.8. The topological polar surface area (TPSA) is 67.9 Å².